The van der Waals surface area contributed by atoms with Crippen LogP contribution in [0.4, 0.5) is 11.4 Å². The van der Waals surface area contributed by atoms with E-state index in [1.165, 1.54) is 12.1 Å². The number of rotatable bonds is 7. The summed E-state index contributed by atoms with van der Waals surface area (Å²) in [5.41, 5.74) is 6.65. The fourth-order valence-corrected chi connectivity index (χ4v) is 2.64. The Hall–Kier alpha value is -1.31. The molecule has 1 aromatic carbocycles. The molecule has 7 heteroatoms. The van der Waals surface area contributed by atoms with Crippen molar-refractivity contribution in [3.8, 4) is 0 Å². The topological polar surface area (TPSA) is 118 Å². The summed E-state index contributed by atoms with van der Waals surface area (Å²) in [5.74, 6) is 0.229. The van der Waals surface area contributed by atoms with Crippen molar-refractivity contribution < 1.29 is 13.5 Å². The highest BCUT2D eigenvalue weighted by Gasteiger charge is 2.16. The minimum absolute atomic E-state index is 0.0268. The Kier molecular flexibility index (Phi) is 5.79. The van der Waals surface area contributed by atoms with Gasteiger partial charge in [-0.3, -0.25) is 0 Å². The van der Waals surface area contributed by atoms with E-state index in [2.05, 4.69) is 5.32 Å². The molecule has 6 nitrogen and oxygen atoms in total. The van der Waals surface area contributed by atoms with E-state index < -0.39 is 16.1 Å². The predicted octanol–water partition coefficient (Wildman–Crippen LogP) is 1.13. The third-order valence-electron chi connectivity index (χ3n) is 3.45. The first kappa shape index (κ1) is 16.7. The molecule has 1 aromatic rings. The van der Waals surface area contributed by atoms with Gasteiger partial charge in [-0.05, 0) is 24.1 Å². The number of anilines is 2. The van der Waals surface area contributed by atoms with Crippen LogP contribution in [0.3, 0.4) is 0 Å². The number of aliphatic hydroxyl groups excluding tert-OH is 1. The zero-order valence-electron chi connectivity index (χ0n) is 11.8. The van der Waals surface area contributed by atoms with Gasteiger partial charge in [-0.25, -0.2) is 13.6 Å². The van der Waals surface area contributed by atoms with Gasteiger partial charge in [0.1, 0.15) is 0 Å². The maximum atomic E-state index is 11.2. The maximum Gasteiger partial charge on any atom is 0.238 e. The predicted molar refractivity (Wildman–Crippen MR) is 80.8 cm³/mol. The van der Waals surface area contributed by atoms with Crippen LogP contribution in [0.15, 0.2) is 23.1 Å². The lowest BCUT2D eigenvalue weighted by Gasteiger charge is -2.21. The smallest absolute Gasteiger partial charge is 0.238 e. The number of benzene rings is 1. The van der Waals surface area contributed by atoms with E-state index in [1.54, 1.807) is 6.07 Å². The Morgan fingerprint density at radius 3 is 2.35 bits per heavy atom. The van der Waals surface area contributed by atoms with E-state index in [0.717, 1.165) is 12.8 Å². The van der Waals surface area contributed by atoms with E-state index in [4.69, 9.17) is 10.9 Å². The summed E-state index contributed by atoms with van der Waals surface area (Å²) in [5, 5.41) is 18.1. The quantitative estimate of drug-likeness (QED) is 0.563. The Bertz CT molecular complexity index is 542. The summed E-state index contributed by atoms with van der Waals surface area (Å²) in [6.45, 7) is 4.44. The third kappa shape index (κ3) is 4.36. The van der Waals surface area contributed by atoms with Gasteiger partial charge in [-0.1, -0.05) is 26.7 Å². The molecular weight excluding hydrogens is 278 g/mol. The van der Waals surface area contributed by atoms with Crippen LogP contribution in [0.1, 0.15) is 26.7 Å². The minimum atomic E-state index is -3.75. The molecule has 0 aliphatic rings. The number of aliphatic hydroxyl groups is 1. The van der Waals surface area contributed by atoms with Crippen LogP contribution in [0.2, 0.25) is 0 Å². The largest absolute Gasteiger partial charge is 0.397 e. The molecule has 1 unspecified atom stereocenters. The van der Waals surface area contributed by atoms with Gasteiger partial charge in [-0.2, -0.15) is 0 Å². The fourth-order valence-electron chi connectivity index (χ4n) is 2.09. The van der Waals surface area contributed by atoms with Gasteiger partial charge < -0.3 is 16.2 Å². The minimum Gasteiger partial charge on any atom is -0.397 e. The molecular formula is C13H23N3O3S. The molecule has 0 spiro atoms. The van der Waals surface area contributed by atoms with Gasteiger partial charge in [0, 0.05) is 6.54 Å². The fraction of sp³-hybridized carbons (Fsp3) is 0.538. The van der Waals surface area contributed by atoms with Crippen molar-refractivity contribution in [2.24, 2.45) is 11.1 Å². The van der Waals surface area contributed by atoms with E-state index in [0.29, 0.717) is 12.2 Å². The molecule has 0 aliphatic carbocycles. The van der Waals surface area contributed by atoms with Crippen LogP contribution in [-0.4, -0.2) is 26.2 Å². The molecule has 0 fully saturated rings. The zero-order valence-corrected chi connectivity index (χ0v) is 12.7. The molecule has 0 heterocycles. The summed E-state index contributed by atoms with van der Waals surface area (Å²) < 4.78 is 22.4. The van der Waals surface area contributed by atoms with Crippen LogP contribution in [-0.2, 0) is 10.0 Å². The number of nitrogens with one attached hydrogen (secondary N) is 1. The van der Waals surface area contributed by atoms with Gasteiger partial charge in [0.25, 0.3) is 0 Å². The van der Waals surface area contributed by atoms with Gasteiger partial charge in [-0.15, -0.1) is 0 Å². The third-order valence-corrected chi connectivity index (χ3v) is 4.36. The van der Waals surface area contributed by atoms with Crippen LogP contribution in [0.5, 0.6) is 0 Å². The van der Waals surface area contributed by atoms with Gasteiger partial charge in [0.15, 0.2) is 0 Å². The summed E-state index contributed by atoms with van der Waals surface area (Å²) >= 11 is 0. The monoisotopic (exact) mass is 301 g/mol. The number of nitrogen functional groups attached to an aromatic ring is 1. The Morgan fingerprint density at radius 1 is 1.30 bits per heavy atom. The van der Waals surface area contributed by atoms with Crippen LogP contribution < -0.4 is 16.2 Å². The molecule has 0 saturated carbocycles. The lowest BCUT2D eigenvalue weighted by molar-refractivity contribution is 0.114. The molecule has 0 radical (unpaired) electrons. The first-order valence-corrected chi connectivity index (χ1v) is 8.18. The normalized spacial score (nSPS) is 13.4. The Labute approximate surface area is 120 Å². The standard InChI is InChI=1S/C13H23N3O3S/c1-3-9(4-2)13(17)8-16-12-6-5-10(7-11(12)14)20(15,18)19/h5-7,9,13,16-17H,3-4,8,14H2,1-2H3,(H2,15,18,19). The maximum absolute atomic E-state index is 11.2. The summed E-state index contributed by atoms with van der Waals surface area (Å²) in [4.78, 5) is -0.0268. The molecule has 6 N–H and O–H groups in total. The van der Waals surface area contributed by atoms with Crippen LogP contribution >= 0.6 is 0 Å². The van der Waals surface area contributed by atoms with Gasteiger partial charge >= 0.3 is 0 Å². The zero-order chi connectivity index (χ0) is 15.3. The molecule has 1 rings (SSSR count). The number of nitrogens with two attached hydrogens (primary N) is 2. The van der Waals surface area contributed by atoms with E-state index >= 15 is 0 Å². The van der Waals surface area contributed by atoms with E-state index in [-0.39, 0.29) is 16.5 Å². The van der Waals surface area contributed by atoms with Crippen molar-refractivity contribution in [3.05, 3.63) is 18.2 Å². The molecule has 0 saturated heterocycles. The molecule has 0 aromatic heterocycles. The molecule has 20 heavy (non-hydrogen) atoms. The van der Waals surface area contributed by atoms with Crippen molar-refractivity contribution in [2.45, 2.75) is 37.7 Å². The Balaban J connectivity index is 2.75. The highest BCUT2D eigenvalue weighted by molar-refractivity contribution is 7.89. The van der Waals surface area contributed by atoms with Crippen molar-refractivity contribution in [1.29, 1.82) is 0 Å². The second-order valence-corrected chi connectivity index (χ2v) is 6.38. The highest BCUT2D eigenvalue weighted by Crippen LogP contribution is 2.22. The molecule has 0 aliphatic heterocycles. The average Bonchev–Trinajstić information content (AvgIpc) is 2.37. The van der Waals surface area contributed by atoms with Crippen molar-refractivity contribution in [3.63, 3.8) is 0 Å². The average molecular weight is 301 g/mol. The highest BCUT2D eigenvalue weighted by atomic mass is 32.2. The number of sulfonamides is 1. The molecule has 0 amide bonds. The second kappa shape index (κ2) is 6.92. The number of hydrogen-bond acceptors (Lipinski definition) is 5. The number of hydrogen-bond donors (Lipinski definition) is 4. The number of primary sulfonamides is 1. The van der Waals surface area contributed by atoms with Crippen LogP contribution in [0.25, 0.3) is 0 Å². The first-order valence-electron chi connectivity index (χ1n) is 6.63. The van der Waals surface area contributed by atoms with Crippen molar-refractivity contribution >= 4 is 21.4 Å². The second-order valence-electron chi connectivity index (χ2n) is 4.82. The first-order chi connectivity index (χ1) is 9.29. The SMILES string of the molecule is CCC(CC)C(O)CNc1ccc(S(N)(=O)=O)cc1N. The lowest BCUT2D eigenvalue weighted by Crippen LogP contribution is -2.28. The van der Waals surface area contributed by atoms with E-state index in [1.807, 2.05) is 13.8 Å². The summed E-state index contributed by atoms with van der Waals surface area (Å²) in [6, 6.07) is 4.24. The molecule has 0 bridgehead atoms. The van der Waals surface area contributed by atoms with E-state index in [9.17, 15) is 13.5 Å². The molecule has 1 atom stereocenters. The Morgan fingerprint density at radius 2 is 1.90 bits per heavy atom. The molecule has 114 valence electrons. The van der Waals surface area contributed by atoms with Gasteiger partial charge in [0.05, 0.1) is 22.4 Å². The summed E-state index contributed by atoms with van der Waals surface area (Å²) in [7, 11) is -3.75. The van der Waals surface area contributed by atoms with Crippen molar-refractivity contribution in [1.82, 2.24) is 0 Å². The van der Waals surface area contributed by atoms with Crippen LogP contribution in [0, 0.1) is 5.92 Å². The van der Waals surface area contributed by atoms with Gasteiger partial charge in [0.2, 0.25) is 10.0 Å². The lowest BCUT2D eigenvalue weighted by atomic mass is 9.96. The summed E-state index contributed by atoms with van der Waals surface area (Å²) in [6.07, 6.45) is 1.33. The van der Waals surface area contributed by atoms with Crippen molar-refractivity contribution in [2.75, 3.05) is 17.6 Å².